The van der Waals surface area contributed by atoms with Crippen LogP contribution in [-0.2, 0) is 14.3 Å². The Kier molecular flexibility index (Phi) is 3.70. The van der Waals surface area contributed by atoms with Crippen LogP contribution in [-0.4, -0.2) is 41.3 Å². The SMILES string of the molecule is CCOC(C)OC(=O)C1CC2CC1C(O)C2O. The van der Waals surface area contributed by atoms with E-state index in [2.05, 4.69) is 0 Å². The Morgan fingerprint density at radius 3 is 2.59 bits per heavy atom. The minimum atomic E-state index is -0.784. The van der Waals surface area contributed by atoms with E-state index in [1.807, 2.05) is 6.92 Å². The van der Waals surface area contributed by atoms with Crippen molar-refractivity contribution in [2.24, 2.45) is 17.8 Å². The van der Waals surface area contributed by atoms with E-state index in [-0.39, 0.29) is 23.7 Å². The van der Waals surface area contributed by atoms with Crippen LogP contribution in [0.5, 0.6) is 0 Å². The molecule has 0 amide bonds. The lowest BCUT2D eigenvalue weighted by atomic mass is 9.85. The van der Waals surface area contributed by atoms with Crippen LogP contribution in [0.25, 0.3) is 0 Å². The van der Waals surface area contributed by atoms with Gasteiger partial charge < -0.3 is 19.7 Å². The molecule has 0 aromatic heterocycles. The van der Waals surface area contributed by atoms with Crippen molar-refractivity contribution in [1.82, 2.24) is 0 Å². The summed E-state index contributed by atoms with van der Waals surface area (Å²) in [5.74, 6) is -0.725. The molecule has 2 fully saturated rings. The van der Waals surface area contributed by atoms with Crippen molar-refractivity contribution < 1.29 is 24.5 Å². The van der Waals surface area contributed by atoms with Gasteiger partial charge in [0.05, 0.1) is 18.1 Å². The third-order valence-corrected chi connectivity index (χ3v) is 3.91. The minimum Gasteiger partial charge on any atom is -0.436 e. The van der Waals surface area contributed by atoms with Crippen molar-refractivity contribution in [2.75, 3.05) is 6.61 Å². The van der Waals surface area contributed by atoms with Gasteiger partial charge in [-0.2, -0.15) is 0 Å². The van der Waals surface area contributed by atoms with Gasteiger partial charge in [-0.15, -0.1) is 0 Å². The number of aliphatic hydroxyl groups is 2. The van der Waals surface area contributed by atoms with Crippen molar-refractivity contribution in [1.29, 1.82) is 0 Å². The fraction of sp³-hybridized carbons (Fsp3) is 0.917. The largest absolute Gasteiger partial charge is 0.436 e. The number of rotatable bonds is 4. The van der Waals surface area contributed by atoms with Gasteiger partial charge in [0.15, 0.2) is 6.29 Å². The Morgan fingerprint density at radius 1 is 1.35 bits per heavy atom. The third-order valence-electron chi connectivity index (χ3n) is 3.91. The minimum absolute atomic E-state index is 0.0370. The molecule has 6 unspecified atom stereocenters. The molecule has 2 rings (SSSR count). The first-order valence-electron chi connectivity index (χ1n) is 6.22. The van der Waals surface area contributed by atoms with Crippen LogP contribution >= 0.6 is 0 Å². The lowest BCUT2D eigenvalue weighted by Gasteiger charge is -2.29. The molecule has 0 aliphatic heterocycles. The number of hydrogen-bond donors (Lipinski definition) is 2. The first-order chi connectivity index (χ1) is 8.04. The lowest BCUT2D eigenvalue weighted by Crippen LogP contribution is -2.40. The smallest absolute Gasteiger partial charge is 0.311 e. The molecule has 0 radical (unpaired) electrons. The van der Waals surface area contributed by atoms with E-state index in [4.69, 9.17) is 9.47 Å². The Labute approximate surface area is 101 Å². The molecule has 0 saturated heterocycles. The fourth-order valence-corrected chi connectivity index (χ4v) is 3.09. The fourth-order valence-electron chi connectivity index (χ4n) is 3.09. The quantitative estimate of drug-likeness (QED) is 0.549. The topological polar surface area (TPSA) is 76.0 Å². The summed E-state index contributed by atoms with van der Waals surface area (Å²) in [6, 6.07) is 0. The van der Waals surface area contributed by atoms with Crippen LogP contribution in [0, 0.1) is 17.8 Å². The van der Waals surface area contributed by atoms with Crippen molar-refractivity contribution in [2.45, 2.75) is 45.2 Å². The van der Waals surface area contributed by atoms with Gasteiger partial charge in [0.25, 0.3) is 0 Å². The predicted octanol–water partition coefficient (Wildman–Crippen LogP) is 0.290. The van der Waals surface area contributed by atoms with E-state index in [1.54, 1.807) is 6.92 Å². The second-order valence-electron chi connectivity index (χ2n) is 4.94. The summed E-state index contributed by atoms with van der Waals surface area (Å²) >= 11 is 0. The van der Waals surface area contributed by atoms with Crippen molar-refractivity contribution in [3.63, 3.8) is 0 Å². The molecule has 2 N–H and O–H groups in total. The zero-order valence-corrected chi connectivity index (χ0v) is 10.2. The maximum Gasteiger partial charge on any atom is 0.311 e. The van der Waals surface area contributed by atoms with Crippen molar-refractivity contribution in [3.8, 4) is 0 Å². The number of esters is 1. The average Bonchev–Trinajstić information content (AvgIpc) is 2.80. The van der Waals surface area contributed by atoms with E-state index in [0.29, 0.717) is 19.4 Å². The van der Waals surface area contributed by atoms with Gasteiger partial charge in [0.2, 0.25) is 0 Å². The van der Waals surface area contributed by atoms with Crippen LogP contribution in [0.3, 0.4) is 0 Å². The zero-order chi connectivity index (χ0) is 12.6. The Morgan fingerprint density at radius 2 is 2.06 bits per heavy atom. The standard InChI is InChI=1S/C12H20O5/c1-3-16-6(2)17-12(15)9-5-7-4-8(9)11(14)10(7)13/h6-11,13-14H,3-5H2,1-2H3. The Hall–Kier alpha value is -0.650. The number of ether oxygens (including phenoxy) is 2. The maximum atomic E-state index is 11.9. The second kappa shape index (κ2) is 4.92. The molecule has 2 bridgehead atoms. The Balaban J connectivity index is 1.90. The van der Waals surface area contributed by atoms with E-state index in [9.17, 15) is 15.0 Å². The van der Waals surface area contributed by atoms with E-state index in [1.165, 1.54) is 0 Å². The predicted molar refractivity (Wildman–Crippen MR) is 58.9 cm³/mol. The van der Waals surface area contributed by atoms with E-state index in [0.717, 1.165) is 0 Å². The number of aliphatic hydroxyl groups excluding tert-OH is 2. The van der Waals surface area contributed by atoms with E-state index >= 15 is 0 Å². The maximum absolute atomic E-state index is 11.9. The molecule has 0 spiro atoms. The molecular weight excluding hydrogens is 224 g/mol. The van der Waals surface area contributed by atoms with Gasteiger partial charge in [-0.05, 0) is 32.6 Å². The molecule has 0 aromatic carbocycles. The Bertz CT molecular complexity index is 291. The highest BCUT2D eigenvalue weighted by molar-refractivity contribution is 5.73. The highest BCUT2D eigenvalue weighted by Gasteiger charge is 2.54. The second-order valence-corrected chi connectivity index (χ2v) is 4.94. The highest BCUT2D eigenvalue weighted by atomic mass is 16.7. The summed E-state index contributed by atoms with van der Waals surface area (Å²) in [5, 5.41) is 19.4. The number of fused-ring (bicyclic) bond motifs is 2. The highest BCUT2D eigenvalue weighted by Crippen LogP contribution is 2.49. The molecule has 2 aliphatic carbocycles. The van der Waals surface area contributed by atoms with Crippen LogP contribution in [0.1, 0.15) is 26.7 Å². The summed E-state index contributed by atoms with van der Waals surface area (Å²) in [7, 11) is 0. The molecule has 5 heteroatoms. The zero-order valence-electron chi connectivity index (χ0n) is 10.2. The molecule has 2 aliphatic rings. The lowest BCUT2D eigenvalue weighted by molar-refractivity contribution is -0.183. The summed E-state index contributed by atoms with van der Waals surface area (Å²) < 4.78 is 10.3. The van der Waals surface area contributed by atoms with Gasteiger partial charge in [-0.25, -0.2) is 0 Å². The molecule has 5 nitrogen and oxygen atoms in total. The van der Waals surface area contributed by atoms with Crippen LogP contribution in [0.4, 0.5) is 0 Å². The molecule has 98 valence electrons. The van der Waals surface area contributed by atoms with Crippen LogP contribution < -0.4 is 0 Å². The molecule has 2 saturated carbocycles. The third kappa shape index (κ3) is 2.32. The molecule has 6 atom stereocenters. The molecule has 0 aromatic rings. The number of carbonyl (C=O) groups is 1. The molecule has 0 heterocycles. The van der Waals surface area contributed by atoms with Crippen molar-refractivity contribution >= 4 is 5.97 Å². The van der Waals surface area contributed by atoms with Crippen molar-refractivity contribution in [3.05, 3.63) is 0 Å². The molecule has 17 heavy (non-hydrogen) atoms. The van der Waals surface area contributed by atoms with Gasteiger partial charge in [0, 0.05) is 12.5 Å². The van der Waals surface area contributed by atoms with Crippen LogP contribution in [0.15, 0.2) is 0 Å². The first kappa shape index (κ1) is 12.8. The summed E-state index contributed by atoms with van der Waals surface area (Å²) in [4.78, 5) is 11.9. The summed E-state index contributed by atoms with van der Waals surface area (Å²) in [5.41, 5.74) is 0. The molecular formula is C12H20O5. The van der Waals surface area contributed by atoms with Gasteiger partial charge in [-0.3, -0.25) is 4.79 Å². The average molecular weight is 244 g/mol. The summed E-state index contributed by atoms with van der Waals surface area (Å²) in [6.07, 6.45) is -0.679. The van der Waals surface area contributed by atoms with Gasteiger partial charge in [0.1, 0.15) is 0 Å². The van der Waals surface area contributed by atoms with E-state index < -0.39 is 18.5 Å². The first-order valence-corrected chi connectivity index (χ1v) is 6.22. The summed E-state index contributed by atoms with van der Waals surface area (Å²) in [6.45, 7) is 4.01. The number of hydrogen-bond acceptors (Lipinski definition) is 5. The number of carbonyl (C=O) groups excluding carboxylic acids is 1. The normalized spacial score (nSPS) is 41.5. The monoisotopic (exact) mass is 244 g/mol. The van der Waals surface area contributed by atoms with Gasteiger partial charge in [-0.1, -0.05) is 0 Å². The van der Waals surface area contributed by atoms with Gasteiger partial charge >= 0.3 is 5.97 Å². The van der Waals surface area contributed by atoms with Crippen LogP contribution in [0.2, 0.25) is 0 Å².